The van der Waals surface area contributed by atoms with Gasteiger partial charge in [-0.3, -0.25) is 9.59 Å². The van der Waals surface area contributed by atoms with E-state index < -0.39 is 0 Å². The number of ketones is 1. The highest BCUT2D eigenvalue weighted by molar-refractivity contribution is 5.88. The average Bonchev–Trinajstić information content (AvgIpc) is 2.02. The zero-order valence-corrected chi connectivity index (χ0v) is 8.74. The number of aldehydes is 1. The lowest BCUT2D eigenvalue weighted by Crippen LogP contribution is -2.28. The van der Waals surface area contributed by atoms with Crippen LogP contribution in [0, 0.1) is 0 Å². The van der Waals surface area contributed by atoms with Crippen molar-refractivity contribution >= 4 is 18.0 Å². The van der Waals surface area contributed by atoms with Gasteiger partial charge in [-0.05, 0) is 13.8 Å². The number of nitrogens with zero attached hydrogens (tertiary/aromatic N) is 1. The highest BCUT2D eigenvalue weighted by Crippen LogP contribution is 2.04. The SMILES string of the molecule is CC(=O)/C=C(\C)N(CCC=O)C(C)=O. The van der Waals surface area contributed by atoms with Gasteiger partial charge in [-0.1, -0.05) is 0 Å². The van der Waals surface area contributed by atoms with Gasteiger partial charge in [-0.2, -0.15) is 0 Å². The number of rotatable bonds is 5. The molecule has 0 aromatic heterocycles. The Hall–Kier alpha value is -1.45. The van der Waals surface area contributed by atoms with Gasteiger partial charge in [-0.25, -0.2) is 0 Å². The summed E-state index contributed by atoms with van der Waals surface area (Å²) in [7, 11) is 0. The second kappa shape index (κ2) is 6.07. The standard InChI is InChI=1S/C10H15NO3/c1-8(7-9(2)13)11(10(3)14)5-4-6-12/h6-7H,4-5H2,1-3H3/b8-7+. The Labute approximate surface area is 83.6 Å². The molecule has 0 aliphatic rings. The molecule has 0 atom stereocenters. The van der Waals surface area contributed by atoms with Gasteiger partial charge >= 0.3 is 0 Å². The lowest BCUT2D eigenvalue weighted by atomic mass is 10.3. The summed E-state index contributed by atoms with van der Waals surface area (Å²) < 4.78 is 0. The monoisotopic (exact) mass is 197 g/mol. The Bertz CT molecular complexity index is 269. The molecule has 78 valence electrons. The molecule has 0 heterocycles. The van der Waals surface area contributed by atoms with Gasteiger partial charge in [0.1, 0.15) is 6.29 Å². The smallest absolute Gasteiger partial charge is 0.223 e. The molecule has 4 nitrogen and oxygen atoms in total. The normalized spacial score (nSPS) is 10.9. The summed E-state index contributed by atoms with van der Waals surface area (Å²) in [6.07, 6.45) is 2.41. The first kappa shape index (κ1) is 12.6. The van der Waals surface area contributed by atoms with E-state index in [4.69, 9.17) is 0 Å². The van der Waals surface area contributed by atoms with Crippen LogP contribution in [0.15, 0.2) is 11.8 Å². The summed E-state index contributed by atoms with van der Waals surface area (Å²) >= 11 is 0. The molecule has 0 unspecified atom stereocenters. The molecule has 1 amide bonds. The van der Waals surface area contributed by atoms with E-state index in [1.165, 1.54) is 24.8 Å². The molecule has 0 saturated heterocycles. The van der Waals surface area contributed by atoms with Crippen LogP contribution < -0.4 is 0 Å². The summed E-state index contributed by atoms with van der Waals surface area (Å²) in [6.45, 7) is 4.83. The lowest BCUT2D eigenvalue weighted by Gasteiger charge is -2.20. The average molecular weight is 197 g/mol. The van der Waals surface area contributed by atoms with Gasteiger partial charge in [0.15, 0.2) is 5.78 Å². The van der Waals surface area contributed by atoms with Crippen molar-refractivity contribution in [2.75, 3.05) is 6.54 Å². The second-order valence-electron chi connectivity index (χ2n) is 3.02. The van der Waals surface area contributed by atoms with Crippen LogP contribution in [-0.4, -0.2) is 29.4 Å². The van der Waals surface area contributed by atoms with Gasteiger partial charge in [0.05, 0.1) is 0 Å². The van der Waals surface area contributed by atoms with Crippen LogP contribution in [0.1, 0.15) is 27.2 Å². The predicted octanol–water partition coefficient (Wildman–Crippen LogP) is 0.917. The van der Waals surface area contributed by atoms with Gasteiger partial charge in [0.25, 0.3) is 0 Å². The molecule has 0 fully saturated rings. The van der Waals surface area contributed by atoms with Crippen molar-refractivity contribution in [3.63, 3.8) is 0 Å². The van der Waals surface area contributed by atoms with Crippen LogP contribution in [0.5, 0.6) is 0 Å². The van der Waals surface area contributed by atoms with E-state index in [2.05, 4.69) is 0 Å². The van der Waals surface area contributed by atoms with Gasteiger partial charge in [0.2, 0.25) is 5.91 Å². The van der Waals surface area contributed by atoms with Gasteiger partial charge < -0.3 is 9.69 Å². The summed E-state index contributed by atoms with van der Waals surface area (Å²) in [6, 6.07) is 0. The maximum atomic E-state index is 11.1. The van der Waals surface area contributed by atoms with Crippen LogP contribution in [0.4, 0.5) is 0 Å². The number of allylic oxidation sites excluding steroid dienone is 2. The molecule has 0 saturated carbocycles. The Morgan fingerprint density at radius 1 is 1.21 bits per heavy atom. The van der Waals surface area contributed by atoms with E-state index in [0.717, 1.165) is 6.29 Å². The Morgan fingerprint density at radius 3 is 2.14 bits per heavy atom. The Kier molecular flexibility index (Phi) is 5.44. The molecule has 0 radical (unpaired) electrons. The Morgan fingerprint density at radius 2 is 1.79 bits per heavy atom. The van der Waals surface area contributed by atoms with Crippen LogP contribution in [0.2, 0.25) is 0 Å². The summed E-state index contributed by atoms with van der Waals surface area (Å²) in [5, 5.41) is 0. The van der Waals surface area contributed by atoms with Crippen molar-refractivity contribution in [2.45, 2.75) is 27.2 Å². The minimum absolute atomic E-state index is 0.111. The molecule has 14 heavy (non-hydrogen) atoms. The molecule has 0 bridgehead atoms. The summed E-state index contributed by atoms with van der Waals surface area (Å²) in [5.74, 6) is -0.276. The van der Waals surface area contributed by atoms with E-state index in [0.29, 0.717) is 12.2 Å². The van der Waals surface area contributed by atoms with Crippen LogP contribution in [0.3, 0.4) is 0 Å². The van der Waals surface area contributed by atoms with Crippen molar-refractivity contribution in [2.24, 2.45) is 0 Å². The molecular weight excluding hydrogens is 182 g/mol. The number of hydrogen-bond donors (Lipinski definition) is 0. The zero-order valence-electron chi connectivity index (χ0n) is 8.74. The third-order valence-corrected chi connectivity index (χ3v) is 1.69. The van der Waals surface area contributed by atoms with Crippen LogP contribution in [0.25, 0.3) is 0 Å². The topological polar surface area (TPSA) is 54.5 Å². The fourth-order valence-electron chi connectivity index (χ4n) is 1.14. The summed E-state index contributed by atoms with van der Waals surface area (Å²) in [4.78, 5) is 33.5. The van der Waals surface area contributed by atoms with Crippen molar-refractivity contribution in [1.82, 2.24) is 4.90 Å². The van der Waals surface area contributed by atoms with Crippen LogP contribution in [-0.2, 0) is 14.4 Å². The molecule has 4 heteroatoms. The molecule has 0 aliphatic heterocycles. The maximum absolute atomic E-state index is 11.1. The Balaban J connectivity index is 4.56. The minimum Gasteiger partial charge on any atom is -0.316 e. The van der Waals surface area contributed by atoms with Gasteiger partial charge in [0, 0.05) is 31.7 Å². The van der Waals surface area contributed by atoms with Crippen molar-refractivity contribution in [3.8, 4) is 0 Å². The number of amides is 1. The van der Waals surface area contributed by atoms with Crippen molar-refractivity contribution < 1.29 is 14.4 Å². The van der Waals surface area contributed by atoms with Crippen molar-refractivity contribution in [1.29, 1.82) is 0 Å². The highest BCUT2D eigenvalue weighted by atomic mass is 16.2. The number of carbonyl (C=O) groups excluding carboxylic acids is 3. The van der Waals surface area contributed by atoms with E-state index in [1.54, 1.807) is 6.92 Å². The molecule has 0 spiro atoms. The van der Waals surface area contributed by atoms with E-state index in [1.807, 2.05) is 0 Å². The molecular formula is C10H15NO3. The first-order chi connectivity index (χ1) is 6.49. The lowest BCUT2D eigenvalue weighted by molar-refractivity contribution is -0.127. The summed E-state index contributed by atoms with van der Waals surface area (Å²) in [5.41, 5.74) is 0.576. The second-order valence-corrected chi connectivity index (χ2v) is 3.02. The van der Waals surface area contributed by atoms with Crippen molar-refractivity contribution in [3.05, 3.63) is 11.8 Å². The number of carbonyl (C=O) groups is 3. The van der Waals surface area contributed by atoms with E-state index in [-0.39, 0.29) is 18.1 Å². The fourth-order valence-corrected chi connectivity index (χ4v) is 1.14. The third-order valence-electron chi connectivity index (χ3n) is 1.69. The molecule has 0 rings (SSSR count). The van der Waals surface area contributed by atoms with E-state index in [9.17, 15) is 14.4 Å². The first-order valence-corrected chi connectivity index (χ1v) is 4.39. The van der Waals surface area contributed by atoms with E-state index >= 15 is 0 Å². The first-order valence-electron chi connectivity index (χ1n) is 4.39. The fraction of sp³-hybridized carbons (Fsp3) is 0.500. The van der Waals surface area contributed by atoms with Crippen LogP contribution >= 0.6 is 0 Å². The molecule has 0 aromatic rings. The largest absolute Gasteiger partial charge is 0.316 e. The highest BCUT2D eigenvalue weighted by Gasteiger charge is 2.10. The number of hydrogen-bond acceptors (Lipinski definition) is 3. The third kappa shape index (κ3) is 4.54. The quantitative estimate of drug-likeness (QED) is 0.486. The zero-order chi connectivity index (χ0) is 11.1. The molecule has 0 N–H and O–H groups in total. The molecule has 0 aromatic carbocycles. The maximum Gasteiger partial charge on any atom is 0.223 e. The van der Waals surface area contributed by atoms with Gasteiger partial charge in [-0.15, -0.1) is 0 Å². The molecule has 0 aliphatic carbocycles. The minimum atomic E-state index is -0.165. The predicted molar refractivity (Wildman–Crippen MR) is 52.5 cm³/mol.